The Hall–Kier alpha value is -2.47. The molecule has 0 unspecified atom stereocenters. The number of hydrogen-bond acceptors (Lipinski definition) is 4. The van der Waals surface area contributed by atoms with Gasteiger partial charge in [0, 0.05) is 18.2 Å². The number of ketones is 1. The number of Topliss-reactive ketones (excluding diaryl/α,β-unsaturated/α-hetero) is 1. The van der Waals surface area contributed by atoms with Crippen molar-refractivity contribution in [3.8, 4) is 11.4 Å². The maximum Gasteiger partial charge on any atom is 0.191 e. The number of nitrogens with zero attached hydrogens (tertiary/aromatic N) is 3. The summed E-state index contributed by atoms with van der Waals surface area (Å²) in [5.41, 5.74) is 2.58. The second-order valence-electron chi connectivity index (χ2n) is 5.86. The van der Waals surface area contributed by atoms with Gasteiger partial charge in [0.15, 0.2) is 16.8 Å². The molecule has 0 aliphatic rings. The topological polar surface area (TPSA) is 47.8 Å². The number of aryl methyl sites for hydroxylation is 1. The molecule has 3 aromatic rings. The third-order valence-corrected chi connectivity index (χ3v) is 5.06. The second-order valence-corrected chi connectivity index (χ2v) is 7.17. The third-order valence-electron chi connectivity index (χ3n) is 3.92. The van der Waals surface area contributed by atoms with Crippen molar-refractivity contribution in [3.63, 3.8) is 0 Å². The van der Waals surface area contributed by atoms with E-state index in [4.69, 9.17) is 0 Å². The minimum absolute atomic E-state index is 0.0522. The number of rotatable bonds is 5. The van der Waals surface area contributed by atoms with E-state index < -0.39 is 0 Å². The summed E-state index contributed by atoms with van der Waals surface area (Å²) in [6.45, 7) is 3.85. The smallest absolute Gasteiger partial charge is 0.191 e. The van der Waals surface area contributed by atoms with Gasteiger partial charge in [-0.15, -0.1) is 10.2 Å². The van der Waals surface area contributed by atoms with E-state index in [2.05, 4.69) is 10.2 Å². The quantitative estimate of drug-likeness (QED) is 0.506. The van der Waals surface area contributed by atoms with Crippen molar-refractivity contribution in [2.24, 2.45) is 7.05 Å². The molecular weight excluding hydrogens is 337 g/mol. The number of benzene rings is 2. The van der Waals surface area contributed by atoms with E-state index >= 15 is 0 Å². The molecule has 1 heterocycles. The number of carbonyl (C=O) groups is 1. The Balaban J connectivity index is 1.78. The fourth-order valence-corrected chi connectivity index (χ4v) is 3.32. The highest BCUT2D eigenvalue weighted by Gasteiger charge is 2.20. The number of halogens is 1. The molecule has 0 fully saturated rings. The third kappa shape index (κ3) is 3.79. The molecule has 25 heavy (non-hydrogen) atoms. The Labute approximate surface area is 150 Å². The Morgan fingerprint density at radius 3 is 2.36 bits per heavy atom. The van der Waals surface area contributed by atoms with Crippen LogP contribution < -0.4 is 0 Å². The van der Waals surface area contributed by atoms with E-state index in [1.807, 2.05) is 49.7 Å². The first-order chi connectivity index (χ1) is 12.0. The van der Waals surface area contributed by atoms with Gasteiger partial charge in [0.2, 0.25) is 0 Å². The van der Waals surface area contributed by atoms with Gasteiger partial charge in [0.25, 0.3) is 0 Å². The van der Waals surface area contributed by atoms with Crippen LogP contribution in [0.4, 0.5) is 4.39 Å². The molecule has 0 bridgehead atoms. The lowest BCUT2D eigenvalue weighted by atomic mass is 10.1. The van der Waals surface area contributed by atoms with Gasteiger partial charge in [-0.25, -0.2) is 4.39 Å². The Morgan fingerprint density at radius 2 is 1.72 bits per heavy atom. The van der Waals surface area contributed by atoms with E-state index in [9.17, 15) is 9.18 Å². The van der Waals surface area contributed by atoms with Crippen molar-refractivity contribution in [3.05, 3.63) is 65.5 Å². The Bertz CT molecular complexity index is 888. The first-order valence-corrected chi connectivity index (χ1v) is 8.76. The fraction of sp³-hybridized carbons (Fsp3) is 0.211. The van der Waals surface area contributed by atoms with E-state index in [0.29, 0.717) is 16.5 Å². The van der Waals surface area contributed by atoms with Crippen molar-refractivity contribution < 1.29 is 9.18 Å². The summed E-state index contributed by atoms with van der Waals surface area (Å²) in [6.07, 6.45) is 0. The van der Waals surface area contributed by atoms with Gasteiger partial charge >= 0.3 is 0 Å². The number of thioether (sulfide) groups is 1. The van der Waals surface area contributed by atoms with E-state index in [0.717, 1.165) is 11.1 Å². The van der Waals surface area contributed by atoms with E-state index in [1.54, 1.807) is 12.1 Å². The minimum atomic E-state index is -0.294. The summed E-state index contributed by atoms with van der Waals surface area (Å²) in [4.78, 5) is 12.6. The average molecular weight is 355 g/mol. The molecule has 2 aromatic carbocycles. The standard InChI is InChI=1S/C19H18FN3OS/c1-12-4-6-14(7-5-12)17(24)13(2)25-19-22-21-18(23(19)3)15-8-10-16(20)11-9-15/h4-11,13H,1-3H3/t13-/m0/s1. The van der Waals surface area contributed by atoms with Crippen LogP contribution in [0.1, 0.15) is 22.8 Å². The van der Waals surface area contributed by atoms with E-state index in [-0.39, 0.29) is 16.9 Å². The number of carbonyl (C=O) groups excluding carboxylic acids is 1. The first kappa shape index (κ1) is 17.4. The molecule has 3 rings (SSSR count). The summed E-state index contributed by atoms with van der Waals surface area (Å²) in [5, 5.41) is 8.71. The van der Waals surface area contributed by atoms with Gasteiger partial charge in [0.1, 0.15) is 5.82 Å². The lowest BCUT2D eigenvalue weighted by Gasteiger charge is -2.10. The van der Waals surface area contributed by atoms with Crippen LogP contribution in [0.25, 0.3) is 11.4 Å². The van der Waals surface area contributed by atoms with Crippen LogP contribution in [-0.2, 0) is 7.05 Å². The monoisotopic (exact) mass is 355 g/mol. The predicted octanol–water partition coefficient (Wildman–Crippen LogP) is 4.29. The summed E-state index contributed by atoms with van der Waals surface area (Å²) < 4.78 is 14.9. The molecule has 0 saturated heterocycles. The van der Waals surface area contributed by atoms with Gasteiger partial charge in [-0.2, -0.15) is 0 Å². The molecular formula is C19H18FN3OS. The second kappa shape index (κ2) is 7.19. The molecule has 128 valence electrons. The summed E-state index contributed by atoms with van der Waals surface area (Å²) in [6, 6.07) is 13.6. The maximum absolute atomic E-state index is 13.1. The Morgan fingerprint density at radius 1 is 1.08 bits per heavy atom. The molecule has 0 radical (unpaired) electrons. The molecule has 0 saturated carbocycles. The largest absolute Gasteiger partial charge is 0.305 e. The SMILES string of the molecule is Cc1ccc(C(=O)[C@H](C)Sc2nnc(-c3ccc(F)cc3)n2C)cc1. The van der Waals surface area contributed by atoms with Gasteiger partial charge in [0.05, 0.1) is 5.25 Å². The molecule has 0 amide bonds. The fourth-order valence-electron chi connectivity index (χ4n) is 2.43. The summed E-state index contributed by atoms with van der Waals surface area (Å²) in [5.74, 6) is 0.395. The minimum Gasteiger partial charge on any atom is -0.305 e. The molecule has 0 spiro atoms. The van der Waals surface area contributed by atoms with Crippen molar-refractivity contribution in [2.75, 3.05) is 0 Å². The lowest BCUT2D eigenvalue weighted by molar-refractivity contribution is 0.0994. The van der Waals surface area contributed by atoms with Crippen LogP contribution in [0.5, 0.6) is 0 Å². The van der Waals surface area contributed by atoms with Crippen LogP contribution in [-0.4, -0.2) is 25.8 Å². The summed E-state index contributed by atoms with van der Waals surface area (Å²) >= 11 is 1.36. The average Bonchev–Trinajstić information content (AvgIpc) is 2.96. The lowest BCUT2D eigenvalue weighted by Crippen LogP contribution is -2.14. The van der Waals surface area contributed by atoms with Gasteiger partial charge in [-0.05, 0) is 38.1 Å². The van der Waals surface area contributed by atoms with Crippen LogP contribution in [0.3, 0.4) is 0 Å². The van der Waals surface area contributed by atoms with Crippen LogP contribution in [0, 0.1) is 12.7 Å². The Kier molecular flexibility index (Phi) is 4.99. The predicted molar refractivity (Wildman–Crippen MR) is 97.2 cm³/mol. The van der Waals surface area contributed by atoms with Crippen LogP contribution in [0.2, 0.25) is 0 Å². The maximum atomic E-state index is 13.1. The van der Waals surface area contributed by atoms with Crippen LogP contribution >= 0.6 is 11.8 Å². The molecule has 1 atom stereocenters. The summed E-state index contributed by atoms with van der Waals surface area (Å²) in [7, 11) is 1.84. The van der Waals surface area contributed by atoms with Gasteiger partial charge in [-0.3, -0.25) is 4.79 Å². The zero-order valence-corrected chi connectivity index (χ0v) is 15.0. The molecule has 0 aliphatic heterocycles. The molecule has 1 aromatic heterocycles. The number of hydrogen-bond donors (Lipinski definition) is 0. The first-order valence-electron chi connectivity index (χ1n) is 7.88. The molecule has 0 N–H and O–H groups in total. The zero-order chi connectivity index (χ0) is 18.0. The van der Waals surface area contributed by atoms with Crippen molar-refractivity contribution >= 4 is 17.5 Å². The highest BCUT2D eigenvalue weighted by atomic mass is 32.2. The highest BCUT2D eigenvalue weighted by molar-refractivity contribution is 8.00. The van der Waals surface area contributed by atoms with Crippen molar-refractivity contribution in [2.45, 2.75) is 24.3 Å². The normalized spacial score (nSPS) is 12.2. The molecule has 6 heteroatoms. The van der Waals surface area contributed by atoms with E-state index in [1.165, 1.54) is 23.9 Å². The highest BCUT2D eigenvalue weighted by Crippen LogP contribution is 2.27. The molecule has 0 aliphatic carbocycles. The van der Waals surface area contributed by atoms with Crippen molar-refractivity contribution in [1.29, 1.82) is 0 Å². The van der Waals surface area contributed by atoms with Crippen LogP contribution in [0.15, 0.2) is 53.7 Å². The van der Waals surface area contributed by atoms with Gasteiger partial charge in [-0.1, -0.05) is 41.6 Å². The zero-order valence-electron chi connectivity index (χ0n) is 14.2. The number of aromatic nitrogens is 3. The van der Waals surface area contributed by atoms with Crippen molar-refractivity contribution in [1.82, 2.24) is 14.8 Å². The molecule has 4 nitrogen and oxygen atoms in total. The van der Waals surface area contributed by atoms with Gasteiger partial charge < -0.3 is 4.57 Å².